The molecule has 0 heterocycles. The number of halogens is 4. The van der Waals surface area contributed by atoms with E-state index in [0.29, 0.717) is 22.1 Å². The van der Waals surface area contributed by atoms with Crippen molar-refractivity contribution in [3.8, 4) is 5.75 Å². The molecule has 0 fully saturated rings. The number of hydrogen-bond acceptors (Lipinski definition) is 4. The lowest BCUT2D eigenvalue weighted by molar-refractivity contribution is -0.118. The first-order chi connectivity index (χ1) is 18.5. The minimum Gasteiger partial charge on any atom is -0.484 e. The fraction of sp³-hybridized carbons (Fsp3) is 0.107. The molecule has 0 atom stereocenters. The van der Waals surface area contributed by atoms with Crippen molar-refractivity contribution in [3.63, 3.8) is 0 Å². The molecule has 1 amide bonds. The lowest BCUT2D eigenvalue weighted by Gasteiger charge is -2.25. The van der Waals surface area contributed by atoms with E-state index >= 15 is 0 Å². The molecular weight excluding hydrogens is 602 g/mol. The van der Waals surface area contributed by atoms with E-state index < -0.39 is 15.9 Å². The summed E-state index contributed by atoms with van der Waals surface area (Å²) in [6.45, 7) is 1.66. The number of hydrogen-bond donors (Lipinski definition) is 1. The molecule has 0 aliphatic heterocycles. The Morgan fingerprint density at radius 2 is 1.44 bits per heavy atom. The molecular formula is C28H22Cl4N2O4S. The average molecular weight is 624 g/mol. The topological polar surface area (TPSA) is 75.7 Å². The van der Waals surface area contributed by atoms with E-state index in [1.165, 1.54) is 16.4 Å². The summed E-state index contributed by atoms with van der Waals surface area (Å²) in [6, 6.07) is 22.9. The van der Waals surface area contributed by atoms with E-state index in [-0.39, 0.29) is 33.1 Å². The van der Waals surface area contributed by atoms with Crippen LogP contribution in [0, 0.1) is 6.92 Å². The van der Waals surface area contributed by atoms with E-state index in [2.05, 4.69) is 5.32 Å². The molecule has 0 radical (unpaired) electrons. The van der Waals surface area contributed by atoms with Crippen molar-refractivity contribution in [1.82, 2.24) is 0 Å². The third kappa shape index (κ3) is 7.38. The summed E-state index contributed by atoms with van der Waals surface area (Å²) in [5, 5.41) is 3.92. The highest BCUT2D eigenvalue weighted by Gasteiger charge is 2.25. The van der Waals surface area contributed by atoms with E-state index in [1.807, 2.05) is 6.92 Å². The Balaban J connectivity index is 1.51. The summed E-state index contributed by atoms with van der Waals surface area (Å²) in [5.74, 6) is -0.0982. The van der Waals surface area contributed by atoms with Crippen LogP contribution in [-0.2, 0) is 21.4 Å². The van der Waals surface area contributed by atoms with Crippen LogP contribution in [0.1, 0.15) is 11.1 Å². The van der Waals surface area contributed by atoms with Gasteiger partial charge in [-0.15, -0.1) is 0 Å². The zero-order valence-corrected chi connectivity index (χ0v) is 24.3. The second-order valence-electron chi connectivity index (χ2n) is 8.53. The monoisotopic (exact) mass is 622 g/mol. The molecule has 4 rings (SSSR count). The molecule has 4 aromatic carbocycles. The molecule has 0 saturated carbocycles. The molecule has 1 N–H and O–H groups in total. The molecule has 0 saturated heterocycles. The van der Waals surface area contributed by atoms with Gasteiger partial charge >= 0.3 is 0 Å². The van der Waals surface area contributed by atoms with E-state index in [4.69, 9.17) is 51.1 Å². The molecule has 39 heavy (non-hydrogen) atoms. The van der Waals surface area contributed by atoms with Gasteiger partial charge in [0.2, 0.25) is 0 Å². The first-order valence-corrected chi connectivity index (χ1v) is 14.5. The Kier molecular flexibility index (Phi) is 9.31. The van der Waals surface area contributed by atoms with E-state index in [9.17, 15) is 13.2 Å². The standard InChI is InChI=1S/C28H22Cl4N2O4S/c1-18-2-12-23(13-3-18)39(36,37)34(16-19-4-6-20(29)7-5-19)21-8-10-22(11-9-21)38-17-28(35)33-27-15-25(31)24(30)14-26(27)32/h2-15H,16-17H2,1H3,(H,33,35). The molecule has 6 nitrogen and oxygen atoms in total. The second kappa shape index (κ2) is 12.5. The van der Waals surface area contributed by atoms with Crippen LogP contribution in [0.25, 0.3) is 0 Å². The zero-order chi connectivity index (χ0) is 28.2. The summed E-state index contributed by atoms with van der Waals surface area (Å²) in [6.07, 6.45) is 0. The van der Waals surface area contributed by atoms with Crippen LogP contribution >= 0.6 is 46.4 Å². The van der Waals surface area contributed by atoms with E-state index in [0.717, 1.165) is 11.1 Å². The van der Waals surface area contributed by atoms with Crippen LogP contribution in [0.15, 0.2) is 89.8 Å². The van der Waals surface area contributed by atoms with Gasteiger partial charge in [0.05, 0.1) is 37.9 Å². The normalized spacial score (nSPS) is 11.2. The maximum Gasteiger partial charge on any atom is 0.264 e. The number of aryl methyl sites for hydroxylation is 1. The first kappa shape index (κ1) is 29.1. The van der Waals surface area contributed by atoms with Crippen molar-refractivity contribution in [1.29, 1.82) is 0 Å². The first-order valence-electron chi connectivity index (χ1n) is 11.5. The predicted molar refractivity (Wildman–Crippen MR) is 158 cm³/mol. The van der Waals surface area contributed by atoms with Crippen molar-refractivity contribution < 1.29 is 17.9 Å². The number of nitrogens with zero attached hydrogens (tertiary/aromatic N) is 1. The Bertz CT molecular complexity index is 1580. The molecule has 4 aromatic rings. The van der Waals surface area contributed by atoms with Crippen LogP contribution in [0.4, 0.5) is 11.4 Å². The van der Waals surface area contributed by atoms with Crippen LogP contribution in [0.3, 0.4) is 0 Å². The van der Waals surface area contributed by atoms with Gasteiger partial charge in [0.15, 0.2) is 6.61 Å². The maximum atomic E-state index is 13.6. The number of sulfonamides is 1. The van der Waals surface area contributed by atoms with Crippen molar-refractivity contribution in [2.45, 2.75) is 18.4 Å². The predicted octanol–water partition coefficient (Wildman–Crippen LogP) is 8.02. The van der Waals surface area contributed by atoms with Crippen LogP contribution in [-0.4, -0.2) is 20.9 Å². The Labute approximate surface area is 247 Å². The number of carbonyl (C=O) groups excluding carboxylic acids is 1. The number of ether oxygens (including phenoxy) is 1. The van der Waals surface area contributed by atoms with Gasteiger partial charge in [0.1, 0.15) is 5.75 Å². The molecule has 0 aromatic heterocycles. The molecule has 0 unspecified atom stereocenters. The number of amides is 1. The number of nitrogens with one attached hydrogen (secondary N) is 1. The van der Waals surface area contributed by atoms with Crippen LogP contribution < -0.4 is 14.4 Å². The summed E-state index contributed by atoms with van der Waals surface area (Å²) in [5.41, 5.74) is 2.43. The van der Waals surface area contributed by atoms with Gasteiger partial charge in [-0.25, -0.2) is 8.42 Å². The Morgan fingerprint density at radius 3 is 2.08 bits per heavy atom. The molecule has 0 aliphatic rings. The lowest BCUT2D eigenvalue weighted by Crippen LogP contribution is -2.30. The Morgan fingerprint density at radius 1 is 0.821 bits per heavy atom. The quantitative estimate of drug-likeness (QED) is 0.192. The minimum absolute atomic E-state index is 0.0837. The second-order valence-corrected chi connectivity index (χ2v) is 12.0. The van der Waals surface area contributed by atoms with Gasteiger partial charge < -0.3 is 10.1 Å². The number of rotatable bonds is 9. The minimum atomic E-state index is -3.90. The summed E-state index contributed by atoms with van der Waals surface area (Å²) in [7, 11) is -3.90. The van der Waals surface area contributed by atoms with Gasteiger partial charge in [0.25, 0.3) is 15.9 Å². The molecule has 11 heteroatoms. The highest BCUT2D eigenvalue weighted by molar-refractivity contribution is 7.92. The maximum absolute atomic E-state index is 13.6. The van der Waals surface area contributed by atoms with Crippen molar-refractivity contribution >= 4 is 73.7 Å². The smallest absolute Gasteiger partial charge is 0.264 e. The van der Waals surface area contributed by atoms with Crippen molar-refractivity contribution in [3.05, 3.63) is 116 Å². The van der Waals surface area contributed by atoms with Gasteiger partial charge in [0, 0.05) is 5.02 Å². The third-order valence-corrected chi connectivity index (χ3v) is 8.70. The number of benzene rings is 4. The summed E-state index contributed by atoms with van der Waals surface area (Å²) >= 11 is 24.0. The molecule has 202 valence electrons. The van der Waals surface area contributed by atoms with E-state index in [1.54, 1.807) is 72.8 Å². The SMILES string of the molecule is Cc1ccc(S(=O)(=O)N(Cc2ccc(Cl)cc2)c2ccc(OCC(=O)Nc3cc(Cl)c(Cl)cc3Cl)cc2)cc1. The van der Waals surface area contributed by atoms with Gasteiger partial charge in [-0.2, -0.15) is 0 Å². The largest absolute Gasteiger partial charge is 0.484 e. The fourth-order valence-corrected chi connectivity index (χ4v) is 5.74. The zero-order valence-electron chi connectivity index (χ0n) is 20.5. The third-order valence-electron chi connectivity index (χ3n) is 5.63. The van der Waals surface area contributed by atoms with Crippen molar-refractivity contribution in [2.24, 2.45) is 0 Å². The lowest BCUT2D eigenvalue weighted by atomic mass is 10.2. The summed E-state index contributed by atoms with van der Waals surface area (Å²) < 4.78 is 34.2. The average Bonchev–Trinajstić information content (AvgIpc) is 2.91. The molecule has 0 aliphatic carbocycles. The molecule has 0 bridgehead atoms. The van der Waals surface area contributed by atoms with Crippen molar-refractivity contribution in [2.75, 3.05) is 16.2 Å². The van der Waals surface area contributed by atoms with Gasteiger partial charge in [-0.1, -0.05) is 76.2 Å². The van der Waals surface area contributed by atoms with Gasteiger partial charge in [-0.05, 0) is 73.2 Å². The Hall–Kier alpha value is -2.94. The van der Waals surface area contributed by atoms with Crippen LogP contribution in [0.2, 0.25) is 20.1 Å². The van der Waals surface area contributed by atoms with Gasteiger partial charge in [-0.3, -0.25) is 9.10 Å². The summed E-state index contributed by atoms with van der Waals surface area (Å²) in [4.78, 5) is 12.5. The highest BCUT2D eigenvalue weighted by atomic mass is 35.5. The van der Waals surface area contributed by atoms with Crippen LogP contribution in [0.5, 0.6) is 5.75 Å². The fourth-order valence-electron chi connectivity index (χ4n) is 3.57. The highest BCUT2D eigenvalue weighted by Crippen LogP contribution is 2.32. The molecule has 0 spiro atoms. The number of carbonyl (C=O) groups is 1. The number of anilines is 2.